The van der Waals surface area contributed by atoms with Gasteiger partial charge in [0.2, 0.25) is 0 Å². The molecule has 0 aliphatic heterocycles. The van der Waals surface area contributed by atoms with Crippen LogP contribution in [0.4, 0.5) is 4.79 Å². The summed E-state index contributed by atoms with van der Waals surface area (Å²) in [6.07, 6.45) is 0.985. The average molecular weight is 434 g/mol. The molecular weight excluding hydrogens is 390 g/mol. The van der Waals surface area contributed by atoms with Crippen molar-refractivity contribution in [1.29, 1.82) is 0 Å². The molecule has 3 N–H and O–H groups in total. The largest absolute Gasteiger partial charge is 0.457 e. The summed E-state index contributed by atoms with van der Waals surface area (Å²) in [5, 5.41) is 8.89. The number of nitrogens with two attached hydrogens (primary N) is 1. The van der Waals surface area contributed by atoms with Crippen LogP contribution in [0.2, 0.25) is 0 Å². The van der Waals surface area contributed by atoms with Gasteiger partial charge in [-0.3, -0.25) is 0 Å². The minimum atomic E-state index is -0.725. The second-order valence-electron chi connectivity index (χ2n) is 7.33. The molecule has 0 fully saturated rings. The third kappa shape index (κ3) is 15.0. The van der Waals surface area contributed by atoms with Crippen molar-refractivity contribution in [3.05, 3.63) is 59.2 Å². The van der Waals surface area contributed by atoms with Crippen molar-refractivity contribution in [2.45, 2.75) is 80.8 Å². The Morgan fingerprint density at radius 3 is 1.81 bits per heavy atom. The first-order chi connectivity index (χ1) is 14.6. The maximum absolute atomic E-state index is 10.0. The van der Waals surface area contributed by atoms with Gasteiger partial charge >= 0.3 is 6.09 Å². The third-order valence-electron chi connectivity index (χ3n) is 3.51. The van der Waals surface area contributed by atoms with E-state index in [0.717, 1.165) is 35.5 Å². The SMILES string of the molecule is CC.CC.CC(C)(C)OC(N)=O.Cc1cc(CCCO)cc(C)c1Oc1ccccc1. The van der Waals surface area contributed by atoms with Crippen molar-refractivity contribution in [1.82, 2.24) is 0 Å². The Labute approximate surface area is 189 Å². The van der Waals surface area contributed by atoms with Crippen molar-refractivity contribution < 1.29 is 19.4 Å². The van der Waals surface area contributed by atoms with Crippen LogP contribution < -0.4 is 10.5 Å². The van der Waals surface area contributed by atoms with E-state index >= 15 is 0 Å². The van der Waals surface area contributed by atoms with Crippen LogP contribution in [0.25, 0.3) is 0 Å². The average Bonchev–Trinajstić information content (AvgIpc) is 2.71. The molecule has 1 amide bonds. The summed E-state index contributed by atoms with van der Waals surface area (Å²) in [6.45, 7) is 17.6. The molecule has 0 aliphatic carbocycles. The van der Waals surface area contributed by atoms with Crippen molar-refractivity contribution >= 4 is 6.09 Å². The molecule has 0 radical (unpaired) electrons. The molecule has 0 saturated carbocycles. The van der Waals surface area contributed by atoms with Crippen molar-refractivity contribution in [2.24, 2.45) is 5.73 Å². The van der Waals surface area contributed by atoms with Crippen LogP contribution in [0.3, 0.4) is 0 Å². The Morgan fingerprint density at radius 1 is 0.968 bits per heavy atom. The highest BCUT2D eigenvalue weighted by molar-refractivity contribution is 5.65. The molecule has 2 aromatic rings. The Bertz CT molecular complexity index is 699. The lowest BCUT2D eigenvalue weighted by Gasteiger charge is -2.16. The molecule has 2 rings (SSSR count). The molecule has 0 aliphatic rings. The topological polar surface area (TPSA) is 81.8 Å². The lowest BCUT2D eigenvalue weighted by atomic mass is 10.0. The van der Waals surface area contributed by atoms with Crippen molar-refractivity contribution in [2.75, 3.05) is 6.61 Å². The number of aryl methyl sites for hydroxylation is 3. The first-order valence-corrected chi connectivity index (χ1v) is 11.0. The van der Waals surface area contributed by atoms with E-state index in [0.29, 0.717) is 0 Å². The van der Waals surface area contributed by atoms with Gasteiger partial charge in [0.1, 0.15) is 17.1 Å². The Kier molecular flexibility index (Phi) is 17.0. The molecule has 0 spiro atoms. The van der Waals surface area contributed by atoms with Crippen LogP contribution in [0.15, 0.2) is 42.5 Å². The van der Waals surface area contributed by atoms with E-state index in [1.807, 2.05) is 58.0 Å². The Morgan fingerprint density at radius 2 is 1.45 bits per heavy atom. The fourth-order valence-corrected chi connectivity index (χ4v) is 2.54. The molecule has 0 unspecified atom stereocenters. The number of carbonyl (C=O) groups excluding carboxylic acids is 1. The molecule has 176 valence electrons. The number of hydrogen-bond acceptors (Lipinski definition) is 4. The van der Waals surface area contributed by atoms with E-state index in [1.165, 1.54) is 5.56 Å². The standard InChI is InChI=1S/C17H20O2.C5H11NO2.2C2H6/c1-13-11-15(7-6-10-18)12-14(2)17(13)19-16-8-4-3-5-9-16;1-5(2,3)8-4(6)7;2*1-2/h3-5,8-9,11-12,18H,6-7,10H2,1-2H3;1-3H3,(H2,6,7);2*1-2H3. The highest BCUT2D eigenvalue weighted by Gasteiger charge is 2.12. The summed E-state index contributed by atoms with van der Waals surface area (Å²) in [4.78, 5) is 10.0. The highest BCUT2D eigenvalue weighted by atomic mass is 16.6. The van der Waals surface area contributed by atoms with E-state index in [-0.39, 0.29) is 6.61 Å². The predicted molar refractivity (Wildman–Crippen MR) is 131 cm³/mol. The van der Waals surface area contributed by atoms with Crippen LogP contribution >= 0.6 is 0 Å². The number of benzene rings is 2. The minimum absolute atomic E-state index is 0.236. The molecule has 2 aromatic carbocycles. The summed E-state index contributed by atoms with van der Waals surface area (Å²) in [5.41, 5.74) is 7.79. The zero-order chi connectivity index (χ0) is 24.4. The summed E-state index contributed by atoms with van der Waals surface area (Å²) in [6, 6.07) is 14.1. The van der Waals surface area contributed by atoms with E-state index in [1.54, 1.807) is 20.8 Å². The fourth-order valence-electron chi connectivity index (χ4n) is 2.54. The number of ether oxygens (including phenoxy) is 2. The van der Waals surface area contributed by atoms with Gasteiger partial charge in [-0.1, -0.05) is 58.0 Å². The van der Waals surface area contributed by atoms with Crippen LogP contribution in [-0.4, -0.2) is 23.4 Å². The van der Waals surface area contributed by atoms with E-state index in [4.69, 9.17) is 15.6 Å². The monoisotopic (exact) mass is 433 g/mol. The van der Waals surface area contributed by atoms with Crippen molar-refractivity contribution in [3.63, 3.8) is 0 Å². The lowest BCUT2D eigenvalue weighted by molar-refractivity contribution is 0.0600. The first kappa shape index (κ1) is 30.7. The molecule has 0 bridgehead atoms. The zero-order valence-corrected chi connectivity index (χ0v) is 20.9. The zero-order valence-electron chi connectivity index (χ0n) is 20.9. The number of aliphatic hydroxyl groups is 1. The summed E-state index contributed by atoms with van der Waals surface area (Å²) < 4.78 is 10.5. The molecule has 5 nitrogen and oxygen atoms in total. The second-order valence-corrected chi connectivity index (χ2v) is 7.33. The molecule has 0 heterocycles. The van der Waals surface area contributed by atoms with Gasteiger partial charge in [-0.2, -0.15) is 0 Å². The maximum atomic E-state index is 10.0. The highest BCUT2D eigenvalue weighted by Crippen LogP contribution is 2.30. The maximum Gasteiger partial charge on any atom is 0.405 e. The second kappa shape index (κ2) is 17.2. The van der Waals surface area contributed by atoms with Gasteiger partial charge < -0.3 is 20.3 Å². The van der Waals surface area contributed by atoms with Crippen LogP contribution in [0, 0.1) is 13.8 Å². The number of rotatable bonds is 5. The van der Waals surface area contributed by atoms with Gasteiger partial charge in [0.15, 0.2) is 0 Å². The van der Waals surface area contributed by atoms with Gasteiger partial charge in [-0.05, 0) is 76.3 Å². The van der Waals surface area contributed by atoms with Gasteiger partial charge in [0, 0.05) is 6.61 Å². The normalized spacial score (nSPS) is 9.61. The number of carbonyl (C=O) groups is 1. The number of amides is 1. The van der Waals surface area contributed by atoms with Gasteiger partial charge in [-0.15, -0.1) is 0 Å². The molecule has 0 saturated heterocycles. The number of para-hydroxylation sites is 1. The van der Waals surface area contributed by atoms with Crippen LogP contribution in [-0.2, 0) is 11.2 Å². The predicted octanol–water partition coefficient (Wildman–Crippen LogP) is 6.95. The van der Waals surface area contributed by atoms with Crippen molar-refractivity contribution in [3.8, 4) is 11.5 Å². The summed E-state index contributed by atoms with van der Waals surface area (Å²) >= 11 is 0. The number of hydrogen-bond donors (Lipinski definition) is 2. The smallest absolute Gasteiger partial charge is 0.405 e. The van der Waals surface area contributed by atoms with Crippen LogP contribution in [0.5, 0.6) is 11.5 Å². The fraction of sp³-hybridized carbons (Fsp3) is 0.500. The third-order valence-corrected chi connectivity index (χ3v) is 3.51. The van der Waals surface area contributed by atoms with E-state index in [2.05, 4.69) is 30.7 Å². The first-order valence-electron chi connectivity index (χ1n) is 11.0. The quantitative estimate of drug-likeness (QED) is 0.534. The van der Waals surface area contributed by atoms with Gasteiger partial charge in [-0.25, -0.2) is 4.79 Å². The summed E-state index contributed by atoms with van der Waals surface area (Å²) in [5.74, 6) is 1.79. The van der Waals surface area contributed by atoms with Crippen LogP contribution in [0.1, 0.15) is 71.6 Å². The Hall–Kier alpha value is -2.53. The molecule has 0 atom stereocenters. The minimum Gasteiger partial charge on any atom is -0.457 e. The molecule has 5 heteroatoms. The molecular formula is C26H43NO4. The summed E-state index contributed by atoms with van der Waals surface area (Å²) in [7, 11) is 0. The number of aliphatic hydroxyl groups excluding tert-OH is 1. The van der Waals surface area contributed by atoms with E-state index < -0.39 is 11.7 Å². The Balaban J connectivity index is 0. The molecule has 0 aromatic heterocycles. The lowest BCUT2D eigenvalue weighted by Crippen LogP contribution is -2.27. The molecule has 31 heavy (non-hydrogen) atoms. The van der Waals surface area contributed by atoms with E-state index in [9.17, 15) is 4.79 Å². The number of primary amides is 1. The van der Waals surface area contributed by atoms with Gasteiger partial charge in [0.25, 0.3) is 0 Å². The van der Waals surface area contributed by atoms with Gasteiger partial charge in [0.05, 0.1) is 0 Å².